The number of para-hydroxylation sites is 1. The van der Waals surface area contributed by atoms with Crippen LogP contribution in [0.25, 0.3) is 10.9 Å². The molecule has 1 fully saturated rings. The Morgan fingerprint density at radius 3 is 2.29 bits per heavy atom. The molecule has 3 aliphatic rings. The van der Waals surface area contributed by atoms with Gasteiger partial charge >= 0.3 is 0 Å². The van der Waals surface area contributed by atoms with E-state index in [2.05, 4.69) is 41.3 Å². The van der Waals surface area contributed by atoms with E-state index in [0.717, 1.165) is 45.5 Å². The highest BCUT2D eigenvalue weighted by Gasteiger charge is 2.15. The minimum atomic E-state index is 0.101. The molecule has 1 aliphatic heterocycles. The van der Waals surface area contributed by atoms with Gasteiger partial charge in [-0.2, -0.15) is 0 Å². The third kappa shape index (κ3) is 7.64. The van der Waals surface area contributed by atoms with Crippen LogP contribution in [0.1, 0.15) is 52.3 Å². The van der Waals surface area contributed by atoms with E-state index in [1.807, 2.05) is 68.4 Å². The predicted octanol–water partition coefficient (Wildman–Crippen LogP) is 6.32. The Morgan fingerprint density at radius 2 is 1.66 bits per heavy atom. The van der Waals surface area contributed by atoms with Crippen molar-refractivity contribution in [3.05, 3.63) is 77.8 Å². The Balaban J connectivity index is 0.000000152. The molecule has 2 aliphatic carbocycles. The first-order valence-corrected chi connectivity index (χ1v) is 12.7. The highest BCUT2D eigenvalue weighted by molar-refractivity contribution is 5.98. The number of hydrogen-bond acceptors (Lipinski definition) is 5. The number of hydrogen-bond donors (Lipinski definition) is 1. The highest BCUT2D eigenvalue weighted by atomic mass is 16.1. The number of nitrogens with zero attached hydrogens (tertiary/aromatic N) is 3. The van der Waals surface area contributed by atoms with E-state index in [0.29, 0.717) is 0 Å². The average Bonchev–Trinajstić information content (AvgIpc) is 3.02. The van der Waals surface area contributed by atoms with Crippen molar-refractivity contribution < 1.29 is 4.79 Å². The first-order valence-electron chi connectivity index (χ1n) is 12.7. The van der Waals surface area contributed by atoms with Crippen LogP contribution in [0.15, 0.2) is 72.0 Å². The van der Waals surface area contributed by atoms with Gasteiger partial charge in [0, 0.05) is 31.3 Å². The summed E-state index contributed by atoms with van der Waals surface area (Å²) in [5.74, 6) is 3.93. The quantitative estimate of drug-likeness (QED) is 0.554. The van der Waals surface area contributed by atoms with Crippen LogP contribution >= 0.6 is 0 Å². The second-order valence-electron chi connectivity index (χ2n) is 10.0. The van der Waals surface area contributed by atoms with Crippen LogP contribution in [0.4, 0.5) is 5.82 Å². The molecule has 2 heterocycles. The van der Waals surface area contributed by atoms with Crippen molar-refractivity contribution in [2.24, 2.45) is 11.8 Å². The molecule has 1 N–H and O–H groups in total. The molecule has 0 radical (unpaired) electrons. The zero-order valence-corrected chi connectivity index (χ0v) is 22.1. The second-order valence-corrected chi connectivity index (χ2v) is 10.0. The SMILES string of the molecule is CC(=O)C1=CNC2C=CC=CC1=C2.CC1CCC(C)CC1.Cc1nc(N(C)C)c2ccccc2n1. The van der Waals surface area contributed by atoms with Gasteiger partial charge in [0.05, 0.1) is 11.6 Å². The number of aromatic nitrogens is 2. The van der Waals surface area contributed by atoms with Crippen molar-refractivity contribution in [1.29, 1.82) is 0 Å². The summed E-state index contributed by atoms with van der Waals surface area (Å²) in [4.78, 5) is 22.0. The van der Waals surface area contributed by atoms with Gasteiger partial charge in [-0.05, 0) is 43.4 Å². The predicted molar refractivity (Wildman–Crippen MR) is 147 cm³/mol. The highest BCUT2D eigenvalue weighted by Crippen LogP contribution is 2.27. The summed E-state index contributed by atoms with van der Waals surface area (Å²) in [5.41, 5.74) is 2.78. The summed E-state index contributed by atoms with van der Waals surface area (Å²) in [6.07, 6.45) is 17.7. The van der Waals surface area contributed by atoms with Gasteiger partial charge in [0.2, 0.25) is 0 Å². The van der Waals surface area contributed by atoms with Crippen LogP contribution in [-0.4, -0.2) is 35.9 Å². The van der Waals surface area contributed by atoms with Crippen molar-refractivity contribution in [1.82, 2.24) is 15.3 Å². The lowest BCUT2D eigenvalue weighted by atomic mass is 9.84. The molecule has 2 bridgehead atoms. The van der Waals surface area contributed by atoms with Gasteiger partial charge in [-0.1, -0.05) is 82.0 Å². The molecule has 1 atom stereocenters. The van der Waals surface area contributed by atoms with Gasteiger partial charge in [0.25, 0.3) is 0 Å². The smallest absolute Gasteiger partial charge is 0.161 e. The number of ketones is 1. The molecule has 5 heteroatoms. The van der Waals surface area contributed by atoms with Gasteiger partial charge < -0.3 is 10.2 Å². The van der Waals surface area contributed by atoms with E-state index in [4.69, 9.17) is 0 Å². The molecule has 0 amide bonds. The maximum Gasteiger partial charge on any atom is 0.161 e. The minimum Gasteiger partial charge on any atom is -0.381 e. The topological polar surface area (TPSA) is 58.1 Å². The first kappa shape index (κ1) is 26.4. The van der Waals surface area contributed by atoms with Crippen molar-refractivity contribution in [3.8, 4) is 0 Å². The molecular weight excluding hydrogens is 432 g/mol. The number of anilines is 1. The van der Waals surface area contributed by atoms with Crippen LogP contribution in [0.5, 0.6) is 0 Å². The van der Waals surface area contributed by atoms with E-state index in [1.54, 1.807) is 13.1 Å². The van der Waals surface area contributed by atoms with Gasteiger partial charge in [0.1, 0.15) is 11.6 Å². The molecule has 5 rings (SSSR count). The number of aryl methyl sites for hydroxylation is 1. The number of dihydropyridines is 1. The van der Waals surface area contributed by atoms with Crippen molar-refractivity contribution >= 4 is 22.5 Å². The molecule has 5 nitrogen and oxygen atoms in total. The summed E-state index contributed by atoms with van der Waals surface area (Å²) < 4.78 is 0. The third-order valence-electron chi connectivity index (χ3n) is 6.60. The monoisotopic (exact) mass is 472 g/mol. The number of fused-ring (bicyclic) bond motifs is 2. The van der Waals surface area contributed by atoms with Crippen LogP contribution in [0, 0.1) is 18.8 Å². The minimum absolute atomic E-state index is 0.101. The normalized spacial score (nSPS) is 22.3. The number of nitrogens with one attached hydrogen (secondary N) is 1. The van der Waals surface area contributed by atoms with E-state index in [9.17, 15) is 4.79 Å². The molecular formula is C30H40N4O. The van der Waals surface area contributed by atoms with Gasteiger partial charge in [-0.15, -0.1) is 0 Å². The Morgan fingerprint density at radius 1 is 1.00 bits per heavy atom. The maximum atomic E-state index is 11.2. The third-order valence-corrected chi connectivity index (χ3v) is 6.60. The van der Waals surface area contributed by atoms with Crippen molar-refractivity contribution in [2.45, 2.75) is 59.4 Å². The molecule has 1 saturated carbocycles. The summed E-state index contributed by atoms with van der Waals surface area (Å²) in [7, 11) is 3.99. The second kappa shape index (κ2) is 12.5. The average molecular weight is 473 g/mol. The van der Waals surface area contributed by atoms with Gasteiger partial charge in [0.15, 0.2) is 5.78 Å². The fourth-order valence-electron chi connectivity index (χ4n) is 4.44. The van der Waals surface area contributed by atoms with Crippen molar-refractivity contribution in [2.75, 3.05) is 19.0 Å². The summed E-state index contributed by atoms with van der Waals surface area (Å²) in [6, 6.07) is 8.29. The number of carbonyl (C=O) groups excluding carboxylic acids is 1. The number of benzene rings is 1. The zero-order chi connectivity index (χ0) is 25.4. The van der Waals surface area contributed by atoms with Crippen LogP contribution < -0.4 is 10.2 Å². The molecule has 1 aromatic heterocycles. The largest absolute Gasteiger partial charge is 0.381 e. The molecule has 1 unspecified atom stereocenters. The molecule has 35 heavy (non-hydrogen) atoms. The lowest BCUT2D eigenvalue weighted by Gasteiger charge is -2.22. The standard InChI is InChI=1S/C11H13N3.C11H11NO.C8H16/c1-8-12-10-7-5-4-6-9(10)11(13-8)14(2)3;1-8(13)11-7-12-10-5-3-2-4-9(11)6-10;1-7-3-5-8(2)6-4-7/h4-7H,1-3H3;2-7,10,12H,1H3;7-8H,3-6H2,1-2H3. The molecule has 2 aromatic rings. The Bertz CT molecular complexity index is 1120. The zero-order valence-electron chi connectivity index (χ0n) is 22.1. The van der Waals surface area contributed by atoms with Gasteiger partial charge in [-0.25, -0.2) is 9.97 Å². The molecule has 0 saturated heterocycles. The number of rotatable bonds is 2. The van der Waals surface area contributed by atoms with E-state index in [1.165, 1.54) is 25.7 Å². The van der Waals surface area contributed by atoms with Crippen LogP contribution in [-0.2, 0) is 4.79 Å². The number of allylic oxidation sites excluding steroid dienone is 5. The van der Waals surface area contributed by atoms with Crippen molar-refractivity contribution in [3.63, 3.8) is 0 Å². The summed E-state index contributed by atoms with van der Waals surface area (Å²) >= 11 is 0. The fourth-order valence-corrected chi connectivity index (χ4v) is 4.44. The Labute approximate surface area is 210 Å². The maximum absolute atomic E-state index is 11.2. The van der Waals surface area contributed by atoms with E-state index >= 15 is 0 Å². The van der Waals surface area contributed by atoms with Crippen LogP contribution in [0.2, 0.25) is 0 Å². The summed E-state index contributed by atoms with van der Waals surface area (Å²) in [5, 5.41) is 4.24. The van der Waals surface area contributed by atoms with E-state index in [-0.39, 0.29) is 11.8 Å². The Hall–Kier alpha value is -3.21. The van der Waals surface area contributed by atoms with Crippen LogP contribution in [0.3, 0.4) is 0 Å². The molecule has 186 valence electrons. The fraction of sp³-hybridized carbons (Fsp3) is 0.433. The number of carbonyl (C=O) groups is 1. The summed E-state index contributed by atoms with van der Waals surface area (Å²) in [6.45, 7) is 8.23. The lowest BCUT2D eigenvalue weighted by molar-refractivity contribution is -0.113. The Kier molecular flexibility index (Phi) is 9.41. The molecule has 1 aromatic carbocycles. The molecule has 0 spiro atoms. The first-order chi connectivity index (χ1) is 16.7. The number of Topliss-reactive ketones (excluding diaryl/α,β-unsaturated/α-hetero) is 1. The van der Waals surface area contributed by atoms with Gasteiger partial charge in [-0.3, -0.25) is 4.79 Å². The van der Waals surface area contributed by atoms with E-state index < -0.39 is 0 Å². The lowest BCUT2D eigenvalue weighted by Crippen LogP contribution is -2.25.